The van der Waals surface area contributed by atoms with Crippen molar-refractivity contribution < 1.29 is 38.0 Å². The molecule has 0 aromatic carbocycles. The highest BCUT2D eigenvalue weighted by molar-refractivity contribution is 5.70. The molecule has 0 heterocycles. The molecule has 0 unspecified atom stereocenters. The molecule has 0 aromatic heterocycles. The molecule has 0 amide bonds. The maximum atomic E-state index is 11.8. The predicted molar refractivity (Wildman–Crippen MR) is 146 cm³/mol. The smallest absolute Gasteiger partial charge is 0.331 e. The summed E-state index contributed by atoms with van der Waals surface area (Å²) in [6, 6.07) is 0. The van der Waals surface area contributed by atoms with E-state index in [0.717, 1.165) is 12.8 Å². The van der Waals surface area contributed by atoms with E-state index in [1.165, 1.54) is 90.6 Å². The molecule has 0 rings (SSSR count). The van der Waals surface area contributed by atoms with E-state index in [1.807, 2.05) is 0 Å². The van der Waals surface area contributed by atoms with Crippen LogP contribution in [-0.4, -0.2) is 78.5 Å². The van der Waals surface area contributed by atoms with Crippen LogP contribution in [0.15, 0.2) is 0 Å². The van der Waals surface area contributed by atoms with Gasteiger partial charge >= 0.3 is 11.9 Å². The zero-order valence-corrected chi connectivity index (χ0v) is 23.9. The van der Waals surface area contributed by atoms with E-state index < -0.39 is 5.97 Å². The second-order valence-corrected chi connectivity index (χ2v) is 9.39. The fourth-order valence-electron chi connectivity index (χ4n) is 3.80. The molecular weight excluding hydrogens is 476 g/mol. The van der Waals surface area contributed by atoms with E-state index >= 15 is 0 Å². The van der Waals surface area contributed by atoms with Crippen LogP contribution in [0.25, 0.3) is 0 Å². The second kappa shape index (κ2) is 31.0. The lowest BCUT2D eigenvalue weighted by Crippen LogP contribution is -2.16. The molecule has 0 aliphatic carbocycles. The second-order valence-electron chi connectivity index (χ2n) is 9.39. The first-order chi connectivity index (χ1) is 18.2. The summed E-state index contributed by atoms with van der Waals surface area (Å²) < 4.78 is 30.8. The fraction of sp³-hybridized carbons (Fsp3) is 0.931. The van der Waals surface area contributed by atoms with Crippen LogP contribution < -0.4 is 0 Å². The van der Waals surface area contributed by atoms with Crippen LogP contribution >= 0.6 is 0 Å². The van der Waals surface area contributed by atoms with E-state index in [-0.39, 0.29) is 19.2 Å². The van der Waals surface area contributed by atoms with Gasteiger partial charge in [0.05, 0.1) is 53.4 Å². The third-order valence-corrected chi connectivity index (χ3v) is 6.04. The van der Waals surface area contributed by atoms with E-state index in [2.05, 4.69) is 11.7 Å². The van der Waals surface area contributed by atoms with Gasteiger partial charge in [-0.05, 0) is 6.42 Å². The van der Waals surface area contributed by atoms with Gasteiger partial charge in [0.2, 0.25) is 0 Å². The predicted octanol–water partition coefficient (Wildman–Crippen LogP) is 6.03. The Balaban J connectivity index is 3.16. The van der Waals surface area contributed by atoms with Crippen LogP contribution in [0.4, 0.5) is 0 Å². The molecule has 0 saturated carbocycles. The van der Waals surface area contributed by atoms with Gasteiger partial charge in [0.25, 0.3) is 0 Å². The number of methoxy groups -OCH3 is 1. The summed E-state index contributed by atoms with van der Waals surface area (Å²) in [5, 5.41) is 0. The number of hydrogen-bond donors (Lipinski definition) is 0. The standard InChI is InChI=1S/C29H56O8/c1-3-4-5-6-7-8-9-10-11-12-13-14-15-16-17-18-28(30)37-26-25-35-22-21-33-19-20-34-23-24-36-27-29(31)32-2/h3-27H2,1-2H3. The molecule has 0 spiro atoms. The summed E-state index contributed by atoms with van der Waals surface area (Å²) in [6.07, 6.45) is 20.2. The van der Waals surface area contributed by atoms with E-state index in [1.54, 1.807) is 0 Å². The van der Waals surface area contributed by atoms with Gasteiger partial charge in [0, 0.05) is 6.42 Å². The highest BCUT2D eigenvalue weighted by Gasteiger charge is 2.03. The van der Waals surface area contributed by atoms with Crippen LogP contribution in [0.1, 0.15) is 110 Å². The van der Waals surface area contributed by atoms with Gasteiger partial charge in [-0.2, -0.15) is 0 Å². The molecule has 0 aliphatic heterocycles. The van der Waals surface area contributed by atoms with Crippen molar-refractivity contribution in [2.24, 2.45) is 0 Å². The van der Waals surface area contributed by atoms with Crippen molar-refractivity contribution in [1.29, 1.82) is 0 Å². The molecule has 0 saturated heterocycles. The summed E-state index contributed by atoms with van der Waals surface area (Å²) in [4.78, 5) is 22.6. The SMILES string of the molecule is CCCCCCCCCCCCCCCCCC(=O)OCCOCCOCCOCCOCC(=O)OC. The van der Waals surface area contributed by atoms with Crippen molar-refractivity contribution in [2.75, 3.05) is 66.6 Å². The van der Waals surface area contributed by atoms with Crippen molar-refractivity contribution in [3.05, 3.63) is 0 Å². The minimum atomic E-state index is -0.404. The minimum absolute atomic E-state index is 0.0669. The molecule has 0 aromatic rings. The first kappa shape index (κ1) is 35.8. The van der Waals surface area contributed by atoms with Crippen LogP contribution in [0.5, 0.6) is 0 Å². The molecule has 0 atom stereocenters. The number of carbonyl (C=O) groups excluding carboxylic acids is 2. The Morgan fingerprint density at radius 2 is 0.838 bits per heavy atom. The van der Waals surface area contributed by atoms with Gasteiger partial charge in [-0.15, -0.1) is 0 Å². The fourth-order valence-corrected chi connectivity index (χ4v) is 3.80. The summed E-state index contributed by atoms with van der Waals surface area (Å²) in [6.45, 7) is 5.38. The number of ether oxygens (including phenoxy) is 6. The Hall–Kier alpha value is -1.22. The van der Waals surface area contributed by atoms with Crippen LogP contribution in [0.3, 0.4) is 0 Å². The molecule has 0 N–H and O–H groups in total. The summed E-state index contributed by atoms with van der Waals surface area (Å²) in [5.74, 6) is -0.541. The highest BCUT2D eigenvalue weighted by atomic mass is 16.6. The average molecular weight is 533 g/mol. The maximum Gasteiger partial charge on any atom is 0.331 e. The van der Waals surface area contributed by atoms with Crippen LogP contribution in [-0.2, 0) is 38.0 Å². The van der Waals surface area contributed by atoms with Gasteiger partial charge in [-0.1, -0.05) is 96.8 Å². The van der Waals surface area contributed by atoms with Crippen molar-refractivity contribution in [2.45, 2.75) is 110 Å². The monoisotopic (exact) mass is 532 g/mol. The normalized spacial score (nSPS) is 11.1. The molecular formula is C29H56O8. The summed E-state index contributed by atoms with van der Waals surface area (Å²) in [7, 11) is 1.32. The molecule has 8 nitrogen and oxygen atoms in total. The number of unbranched alkanes of at least 4 members (excludes halogenated alkanes) is 14. The van der Waals surface area contributed by atoms with Gasteiger partial charge < -0.3 is 28.4 Å². The first-order valence-electron chi connectivity index (χ1n) is 14.7. The van der Waals surface area contributed by atoms with Gasteiger partial charge in [0.15, 0.2) is 0 Å². The lowest BCUT2D eigenvalue weighted by atomic mass is 10.0. The summed E-state index contributed by atoms with van der Waals surface area (Å²) >= 11 is 0. The Labute approximate surface area is 226 Å². The first-order valence-corrected chi connectivity index (χ1v) is 14.7. The van der Waals surface area contributed by atoms with E-state index in [0.29, 0.717) is 52.7 Å². The largest absolute Gasteiger partial charge is 0.467 e. The zero-order chi connectivity index (χ0) is 27.1. The van der Waals surface area contributed by atoms with Crippen molar-refractivity contribution in [3.63, 3.8) is 0 Å². The molecule has 8 heteroatoms. The minimum Gasteiger partial charge on any atom is -0.467 e. The quantitative estimate of drug-likeness (QED) is 0.0818. The third kappa shape index (κ3) is 30.9. The molecule has 0 bridgehead atoms. The van der Waals surface area contributed by atoms with E-state index in [9.17, 15) is 9.59 Å². The maximum absolute atomic E-state index is 11.8. The highest BCUT2D eigenvalue weighted by Crippen LogP contribution is 2.13. The lowest BCUT2D eigenvalue weighted by Gasteiger charge is -2.08. The Morgan fingerprint density at radius 1 is 0.459 bits per heavy atom. The van der Waals surface area contributed by atoms with Crippen molar-refractivity contribution in [1.82, 2.24) is 0 Å². The van der Waals surface area contributed by atoms with Gasteiger partial charge in [-0.3, -0.25) is 4.79 Å². The van der Waals surface area contributed by atoms with Gasteiger partial charge in [-0.25, -0.2) is 4.79 Å². The van der Waals surface area contributed by atoms with E-state index in [4.69, 9.17) is 23.7 Å². The van der Waals surface area contributed by atoms with Crippen LogP contribution in [0, 0.1) is 0 Å². The number of esters is 2. The molecule has 0 fully saturated rings. The Morgan fingerprint density at radius 3 is 1.27 bits per heavy atom. The number of rotatable bonds is 30. The lowest BCUT2D eigenvalue weighted by molar-refractivity contribution is -0.147. The molecule has 0 aliphatic rings. The van der Waals surface area contributed by atoms with Crippen LogP contribution in [0.2, 0.25) is 0 Å². The Bertz CT molecular complexity index is 487. The molecule has 220 valence electrons. The third-order valence-electron chi connectivity index (χ3n) is 6.04. The zero-order valence-electron chi connectivity index (χ0n) is 23.9. The van der Waals surface area contributed by atoms with Crippen molar-refractivity contribution in [3.8, 4) is 0 Å². The number of carbonyl (C=O) groups is 2. The molecule has 37 heavy (non-hydrogen) atoms. The van der Waals surface area contributed by atoms with Crippen molar-refractivity contribution >= 4 is 11.9 Å². The number of hydrogen-bond acceptors (Lipinski definition) is 8. The molecule has 0 radical (unpaired) electrons. The van der Waals surface area contributed by atoms with Gasteiger partial charge in [0.1, 0.15) is 13.2 Å². The average Bonchev–Trinajstić information content (AvgIpc) is 2.90. The summed E-state index contributed by atoms with van der Waals surface area (Å²) in [5.41, 5.74) is 0. The topological polar surface area (TPSA) is 89.5 Å². The Kier molecular flexibility index (Phi) is 30.0.